The Bertz CT molecular complexity index is 423. The molecule has 0 atom stereocenters. The molecular formula is C18H29NO2. The number of benzene rings is 1. The molecule has 1 aliphatic rings. The summed E-state index contributed by atoms with van der Waals surface area (Å²) < 4.78 is 0. The van der Waals surface area contributed by atoms with Crippen LogP contribution in [0.3, 0.4) is 0 Å². The Morgan fingerprint density at radius 3 is 2.19 bits per heavy atom. The van der Waals surface area contributed by atoms with Crippen LogP contribution >= 0.6 is 0 Å². The SMILES string of the molecule is CCCCCCCC.O=[N+]([O-])c1cccc2c1CCCC2. The van der Waals surface area contributed by atoms with Gasteiger partial charge in [0.15, 0.2) is 0 Å². The molecule has 2 rings (SSSR count). The maximum absolute atomic E-state index is 10.7. The molecule has 3 nitrogen and oxygen atoms in total. The molecule has 0 aromatic heterocycles. The summed E-state index contributed by atoms with van der Waals surface area (Å²) in [5.41, 5.74) is 2.43. The summed E-state index contributed by atoms with van der Waals surface area (Å²) in [6.45, 7) is 4.51. The van der Waals surface area contributed by atoms with Gasteiger partial charge in [0.05, 0.1) is 4.92 Å². The molecular weight excluding hydrogens is 262 g/mol. The van der Waals surface area contributed by atoms with Gasteiger partial charge in [-0.15, -0.1) is 0 Å². The monoisotopic (exact) mass is 291 g/mol. The van der Waals surface area contributed by atoms with Gasteiger partial charge in [-0.3, -0.25) is 10.1 Å². The second kappa shape index (κ2) is 10.4. The van der Waals surface area contributed by atoms with Crippen LogP contribution in [0.15, 0.2) is 18.2 Å². The number of rotatable bonds is 6. The highest BCUT2D eigenvalue weighted by Crippen LogP contribution is 2.28. The predicted octanol–water partition coefficient (Wildman–Crippen LogP) is 5.84. The van der Waals surface area contributed by atoms with E-state index < -0.39 is 0 Å². The molecule has 1 aromatic carbocycles. The first-order chi connectivity index (χ1) is 10.2. The lowest BCUT2D eigenvalue weighted by Crippen LogP contribution is -2.05. The highest BCUT2D eigenvalue weighted by molar-refractivity contribution is 5.46. The molecule has 0 amide bonds. The normalized spacial score (nSPS) is 13.0. The standard InChI is InChI=1S/C10H11NO2.C8H18/c12-11(13)10-7-3-5-8-4-1-2-6-9(8)10;1-3-5-7-8-6-4-2/h3,5,7H,1-2,4,6H2;3-8H2,1-2H3. The third-order valence-corrected chi connectivity index (χ3v) is 4.03. The van der Waals surface area contributed by atoms with Gasteiger partial charge in [0.25, 0.3) is 5.69 Å². The van der Waals surface area contributed by atoms with Crippen molar-refractivity contribution >= 4 is 5.69 Å². The van der Waals surface area contributed by atoms with E-state index in [1.54, 1.807) is 12.1 Å². The smallest absolute Gasteiger partial charge is 0.258 e. The summed E-state index contributed by atoms with van der Waals surface area (Å²) in [4.78, 5) is 10.4. The van der Waals surface area contributed by atoms with Crippen molar-refractivity contribution in [1.82, 2.24) is 0 Å². The number of nitro benzene ring substituents is 1. The molecule has 1 aromatic rings. The molecule has 0 saturated heterocycles. The minimum atomic E-state index is -0.274. The average molecular weight is 291 g/mol. The number of unbranched alkanes of at least 4 members (excludes halogenated alkanes) is 5. The quantitative estimate of drug-likeness (QED) is 0.375. The lowest BCUT2D eigenvalue weighted by atomic mass is 9.91. The van der Waals surface area contributed by atoms with Gasteiger partial charge < -0.3 is 0 Å². The minimum absolute atomic E-state index is 0.274. The molecule has 0 saturated carbocycles. The van der Waals surface area contributed by atoms with Gasteiger partial charge >= 0.3 is 0 Å². The van der Waals surface area contributed by atoms with Crippen LogP contribution in [0.25, 0.3) is 0 Å². The summed E-state index contributed by atoms with van der Waals surface area (Å²) in [5, 5.41) is 10.7. The number of aryl methyl sites for hydroxylation is 1. The Kier molecular flexibility index (Phi) is 8.72. The third-order valence-electron chi connectivity index (χ3n) is 4.03. The molecule has 0 N–H and O–H groups in total. The number of nitro groups is 1. The average Bonchev–Trinajstić information content (AvgIpc) is 2.51. The Morgan fingerprint density at radius 1 is 1.00 bits per heavy atom. The van der Waals surface area contributed by atoms with Gasteiger partial charge in [0.1, 0.15) is 0 Å². The molecule has 0 heterocycles. The second-order valence-corrected chi connectivity index (χ2v) is 5.79. The van der Waals surface area contributed by atoms with Crippen LogP contribution < -0.4 is 0 Å². The van der Waals surface area contributed by atoms with Crippen LogP contribution in [0.5, 0.6) is 0 Å². The molecule has 21 heavy (non-hydrogen) atoms. The van der Waals surface area contributed by atoms with Gasteiger partial charge in [-0.25, -0.2) is 0 Å². The third kappa shape index (κ3) is 6.28. The zero-order valence-electron chi connectivity index (χ0n) is 13.6. The van der Waals surface area contributed by atoms with Gasteiger partial charge in [0.2, 0.25) is 0 Å². The zero-order chi connectivity index (χ0) is 15.5. The van der Waals surface area contributed by atoms with Crippen molar-refractivity contribution in [3.8, 4) is 0 Å². The summed E-state index contributed by atoms with van der Waals surface area (Å²) in [5.74, 6) is 0. The van der Waals surface area contributed by atoms with E-state index in [1.807, 2.05) is 6.07 Å². The van der Waals surface area contributed by atoms with Gasteiger partial charge in [-0.05, 0) is 31.2 Å². The van der Waals surface area contributed by atoms with Crippen LogP contribution in [0, 0.1) is 10.1 Å². The van der Waals surface area contributed by atoms with Crippen molar-refractivity contribution in [2.75, 3.05) is 0 Å². The van der Waals surface area contributed by atoms with E-state index in [1.165, 1.54) is 44.1 Å². The van der Waals surface area contributed by atoms with Crippen molar-refractivity contribution < 1.29 is 4.92 Å². The summed E-state index contributed by atoms with van der Waals surface area (Å²) in [7, 11) is 0. The first-order valence-electron chi connectivity index (χ1n) is 8.45. The first-order valence-corrected chi connectivity index (χ1v) is 8.45. The van der Waals surface area contributed by atoms with Gasteiger partial charge in [0, 0.05) is 11.6 Å². The zero-order valence-corrected chi connectivity index (χ0v) is 13.6. The maximum Gasteiger partial charge on any atom is 0.272 e. The van der Waals surface area contributed by atoms with E-state index in [9.17, 15) is 10.1 Å². The van der Waals surface area contributed by atoms with E-state index >= 15 is 0 Å². The summed E-state index contributed by atoms with van der Waals surface area (Å²) in [6.07, 6.45) is 12.6. The van der Waals surface area contributed by atoms with Crippen LogP contribution in [-0.2, 0) is 12.8 Å². The molecule has 0 bridgehead atoms. The molecule has 0 radical (unpaired) electrons. The number of hydrogen-bond donors (Lipinski definition) is 0. The highest BCUT2D eigenvalue weighted by Gasteiger charge is 2.19. The van der Waals surface area contributed by atoms with Crippen LogP contribution in [-0.4, -0.2) is 4.92 Å². The van der Waals surface area contributed by atoms with Crippen molar-refractivity contribution in [2.45, 2.75) is 78.1 Å². The molecule has 1 aliphatic carbocycles. The second-order valence-electron chi connectivity index (χ2n) is 5.79. The van der Waals surface area contributed by atoms with Crippen molar-refractivity contribution in [2.24, 2.45) is 0 Å². The molecule has 0 spiro atoms. The van der Waals surface area contributed by atoms with E-state index in [2.05, 4.69) is 13.8 Å². The van der Waals surface area contributed by atoms with E-state index in [0.717, 1.165) is 31.2 Å². The van der Waals surface area contributed by atoms with Crippen molar-refractivity contribution in [3.05, 3.63) is 39.4 Å². The van der Waals surface area contributed by atoms with Crippen LogP contribution in [0.2, 0.25) is 0 Å². The lowest BCUT2D eigenvalue weighted by Gasteiger charge is -2.14. The number of hydrogen-bond acceptors (Lipinski definition) is 2. The van der Waals surface area contributed by atoms with E-state index in [-0.39, 0.29) is 4.92 Å². The highest BCUT2D eigenvalue weighted by atomic mass is 16.6. The molecule has 3 heteroatoms. The first kappa shape index (κ1) is 17.7. The fourth-order valence-electron chi connectivity index (χ4n) is 2.79. The van der Waals surface area contributed by atoms with Gasteiger partial charge in [-0.2, -0.15) is 0 Å². The number of nitrogens with zero attached hydrogens (tertiary/aromatic N) is 1. The molecule has 0 fully saturated rings. The molecule has 0 aliphatic heterocycles. The fourth-order valence-corrected chi connectivity index (χ4v) is 2.79. The number of fused-ring (bicyclic) bond motifs is 1. The van der Waals surface area contributed by atoms with E-state index in [4.69, 9.17) is 0 Å². The summed E-state index contributed by atoms with van der Waals surface area (Å²) in [6, 6.07) is 5.38. The fraction of sp³-hybridized carbons (Fsp3) is 0.667. The maximum atomic E-state index is 10.7. The Morgan fingerprint density at radius 2 is 1.62 bits per heavy atom. The Balaban J connectivity index is 0.000000240. The van der Waals surface area contributed by atoms with Crippen molar-refractivity contribution in [3.63, 3.8) is 0 Å². The van der Waals surface area contributed by atoms with Crippen LogP contribution in [0.4, 0.5) is 5.69 Å². The van der Waals surface area contributed by atoms with Gasteiger partial charge in [-0.1, -0.05) is 64.5 Å². The molecule has 118 valence electrons. The van der Waals surface area contributed by atoms with E-state index in [0.29, 0.717) is 5.69 Å². The topological polar surface area (TPSA) is 43.1 Å². The Hall–Kier alpha value is -1.38. The molecule has 0 unspecified atom stereocenters. The van der Waals surface area contributed by atoms with Crippen molar-refractivity contribution in [1.29, 1.82) is 0 Å². The largest absolute Gasteiger partial charge is 0.272 e. The Labute approximate surface area is 128 Å². The predicted molar refractivity (Wildman–Crippen MR) is 88.8 cm³/mol. The lowest BCUT2D eigenvalue weighted by molar-refractivity contribution is -0.385. The van der Waals surface area contributed by atoms with Crippen LogP contribution in [0.1, 0.15) is 76.3 Å². The summed E-state index contributed by atoms with van der Waals surface area (Å²) >= 11 is 0. The minimum Gasteiger partial charge on any atom is -0.258 e.